The summed E-state index contributed by atoms with van der Waals surface area (Å²) in [5, 5.41) is 3.06. The summed E-state index contributed by atoms with van der Waals surface area (Å²) in [7, 11) is 7.42. The number of allylic oxidation sites excluding steroid dienone is 1. The Morgan fingerprint density at radius 3 is 2.09 bits per heavy atom. The molecule has 1 aromatic heterocycles. The minimum atomic E-state index is -0.896. The fourth-order valence-electron chi connectivity index (χ4n) is 4.03. The third kappa shape index (κ3) is 3.96. The zero-order valence-electron chi connectivity index (χ0n) is 20.1. The molecule has 3 rings (SSSR count). The van der Waals surface area contributed by atoms with Gasteiger partial charge in [-0.3, -0.25) is 13.9 Å². The van der Waals surface area contributed by atoms with Gasteiger partial charge in [-0.1, -0.05) is 0 Å². The van der Waals surface area contributed by atoms with Gasteiger partial charge < -0.3 is 24.3 Å². The summed E-state index contributed by atoms with van der Waals surface area (Å²) < 4.78 is 24.3. The van der Waals surface area contributed by atoms with Crippen molar-refractivity contribution in [2.24, 2.45) is 14.1 Å². The average Bonchev–Trinajstić information content (AvgIpc) is 2.78. The van der Waals surface area contributed by atoms with Crippen molar-refractivity contribution in [1.29, 1.82) is 0 Å². The van der Waals surface area contributed by atoms with E-state index in [2.05, 4.69) is 5.32 Å². The average molecular weight is 459 g/mol. The van der Waals surface area contributed by atoms with Gasteiger partial charge in [0.25, 0.3) is 5.56 Å². The quantitative estimate of drug-likeness (QED) is 0.653. The van der Waals surface area contributed by atoms with Crippen molar-refractivity contribution in [3.63, 3.8) is 0 Å². The molecule has 0 bridgehead atoms. The van der Waals surface area contributed by atoms with Crippen LogP contribution in [-0.4, -0.2) is 42.5 Å². The minimum Gasteiger partial charge on any atom is -0.496 e. The molecule has 0 radical (unpaired) electrons. The van der Waals surface area contributed by atoms with E-state index in [4.69, 9.17) is 18.9 Å². The molecule has 33 heavy (non-hydrogen) atoms. The van der Waals surface area contributed by atoms with Crippen LogP contribution in [0.1, 0.15) is 37.8 Å². The lowest BCUT2D eigenvalue weighted by Crippen LogP contribution is -2.43. The second-order valence-corrected chi connectivity index (χ2v) is 7.97. The highest BCUT2D eigenvalue weighted by Crippen LogP contribution is 2.46. The third-order valence-electron chi connectivity index (χ3n) is 5.60. The monoisotopic (exact) mass is 459 g/mol. The molecule has 0 saturated heterocycles. The van der Waals surface area contributed by atoms with Crippen LogP contribution in [0, 0.1) is 0 Å². The lowest BCUT2D eigenvalue weighted by molar-refractivity contribution is -0.143. The van der Waals surface area contributed by atoms with Gasteiger partial charge in [0.2, 0.25) is 0 Å². The molecule has 1 N–H and O–H groups in total. The fraction of sp³-hybridized carbons (Fsp3) is 0.435. The maximum absolute atomic E-state index is 13.4. The van der Waals surface area contributed by atoms with E-state index in [0.29, 0.717) is 34.3 Å². The Morgan fingerprint density at radius 2 is 1.55 bits per heavy atom. The van der Waals surface area contributed by atoms with E-state index < -0.39 is 23.1 Å². The highest BCUT2D eigenvalue weighted by Gasteiger charge is 2.39. The molecule has 1 aromatic carbocycles. The van der Waals surface area contributed by atoms with Crippen LogP contribution < -0.4 is 30.8 Å². The highest BCUT2D eigenvalue weighted by molar-refractivity contribution is 5.94. The number of ether oxygens (including phenoxy) is 4. The number of rotatable bonds is 6. The number of hydrogen-bond donors (Lipinski definition) is 1. The number of carbonyl (C=O) groups is 1. The first kappa shape index (κ1) is 24.0. The lowest BCUT2D eigenvalue weighted by atomic mass is 9.81. The van der Waals surface area contributed by atoms with E-state index in [-0.39, 0.29) is 17.2 Å². The number of carbonyl (C=O) groups excluding carboxylic acids is 1. The summed E-state index contributed by atoms with van der Waals surface area (Å²) in [6.45, 7) is 5.18. The zero-order valence-corrected chi connectivity index (χ0v) is 20.1. The number of fused-ring (bicyclic) bond motifs is 1. The smallest absolute Gasteiger partial charge is 0.337 e. The van der Waals surface area contributed by atoms with Crippen LogP contribution in [-0.2, 0) is 23.6 Å². The molecular weight excluding hydrogens is 430 g/mol. The molecule has 0 aliphatic carbocycles. The second-order valence-electron chi connectivity index (χ2n) is 7.97. The molecule has 0 fully saturated rings. The Labute approximate surface area is 191 Å². The summed E-state index contributed by atoms with van der Waals surface area (Å²) in [4.78, 5) is 39.2. The lowest BCUT2D eigenvalue weighted by Gasteiger charge is -2.32. The summed E-state index contributed by atoms with van der Waals surface area (Å²) in [5.41, 5.74) is 0.362. The number of aromatic nitrogens is 2. The standard InChI is InChI=1S/C23H29N3O7/c1-11(2)33-22(28)17-12(3)24-20-19(21(27)26(5)23(29)25(20)4)18(17)13-9-15(31-7)16(32-8)10-14(13)30-6/h9-11,18,24H,1-8H3. The maximum atomic E-state index is 13.4. The molecule has 178 valence electrons. The first-order valence-corrected chi connectivity index (χ1v) is 10.4. The number of benzene rings is 1. The van der Waals surface area contributed by atoms with Crippen molar-refractivity contribution in [1.82, 2.24) is 9.13 Å². The first-order valence-electron chi connectivity index (χ1n) is 10.4. The van der Waals surface area contributed by atoms with Gasteiger partial charge in [0, 0.05) is 31.4 Å². The van der Waals surface area contributed by atoms with Crippen LogP contribution >= 0.6 is 0 Å². The van der Waals surface area contributed by atoms with Gasteiger partial charge in [-0.2, -0.15) is 0 Å². The van der Waals surface area contributed by atoms with Crippen LogP contribution in [0.25, 0.3) is 0 Å². The van der Waals surface area contributed by atoms with Crippen LogP contribution in [0.5, 0.6) is 17.2 Å². The number of hydrogen-bond acceptors (Lipinski definition) is 8. The first-order chi connectivity index (χ1) is 15.6. The van der Waals surface area contributed by atoms with E-state index in [9.17, 15) is 14.4 Å². The molecule has 1 unspecified atom stereocenters. The van der Waals surface area contributed by atoms with Gasteiger partial charge in [0.05, 0.1) is 44.5 Å². The van der Waals surface area contributed by atoms with Crippen molar-refractivity contribution in [3.05, 3.63) is 55.4 Å². The van der Waals surface area contributed by atoms with E-state index in [1.54, 1.807) is 40.0 Å². The molecule has 1 atom stereocenters. The van der Waals surface area contributed by atoms with E-state index in [1.165, 1.54) is 32.9 Å². The fourth-order valence-corrected chi connectivity index (χ4v) is 4.03. The van der Waals surface area contributed by atoms with E-state index in [0.717, 1.165) is 4.57 Å². The summed E-state index contributed by atoms with van der Waals surface area (Å²) in [5.74, 6) is 0.00984. The van der Waals surface area contributed by atoms with Crippen LogP contribution in [0.3, 0.4) is 0 Å². The highest BCUT2D eigenvalue weighted by atomic mass is 16.5. The van der Waals surface area contributed by atoms with Gasteiger partial charge in [-0.25, -0.2) is 9.59 Å². The van der Waals surface area contributed by atoms with Gasteiger partial charge in [-0.05, 0) is 26.8 Å². The molecule has 10 heteroatoms. The number of nitrogens with zero attached hydrogens (tertiary/aromatic N) is 2. The molecular formula is C23H29N3O7. The zero-order chi connectivity index (χ0) is 24.6. The molecule has 1 aliphatic heterocycles. The Hall–Kier alpha value is -3.69. The molecule has 0 spiro atoms. The SMILES string of the molecule is COc1cc(OC)c(C2C(C(=O)OC(C)C)=C(C)Nc3c2c(=O)n(C)c(=O)n3C)cc1OC. The van der Waals surface area contributed by atoms with Gasteiger partial charge >= 0.3 is 11.7 Å². The third-order valence-corrected chi connectivity index (χ3v) is 5.60. The predicted molar refractivity (Wildman–Crippen MR) is 122 cm³/mol. The van der Waals surface area contributed by atoms with Crippen molar-refractivity contribution in [3.8, 4) is 17.2 Å². The van der Waals surface area contributed by atoms with E-state index in [1.807, 2.05) is 0 Å². The van der Waals surface area contributed by atoms with Crippen LogP contribution in [0.4, 0.5) is 5.82 Å². The molecule has 10 nitrogen and oxygen atoms in total. The maximum Gasteiger partial charge on any atom is 0.337 e. The Kier molecular flexibility index (Phi) is 6.57. The van der Waals surface area contributed by atoms with Crippen LogP contribution in [0.2, 0.25) is 0 Å². The molecule has 1 aliphatic rings. The largest absolute Gasteiger partial charge is 0.496 e. The van der Waals surface area contributed by atoms with E-state index >= 15 is 0 Å². The summed E-state index contributed by atoms with van der Waals surface area (Å²) >= 11 is 0. The number of esters is 1. The van der Waals surface area contributed by atoms with Crippen molar-refractivity contribution in [2.45, 2.75) is 32.8 Å². The number of anilines is 1. The molecule has 2 heterocycles. The van der Waals surface area contributed by atoms with Crippen LogP contribution in [0.15, 0.2) is 33.0 Å². The van der Waals surface area contributed by atoms with Gasteiger partial charge in [0.15, 0.2) is 11.5 Å². The number of methoxy groups -OCH3 is 3. The predicted octanol–water partition coefficient (Wildman–Crippen LogP) is 1.89. The Morgan fingerprint density at radius 1 is 0.970 bits per heavy atom. The van der Waals surface area contributed by atoms with Crippen molar-refractivity contribution >= 4 is 11.8 Å². The van der Waals surface area contributed by atoms with Gasteiger partial charge in [-0.15, -0.1) is 0 Å². The van der Waals surface area contributed by atoms with Gasteiger partial charge in [0.1, 0.15) is 11.6 Å². The molecule has 0 saturated carbocycles. The van der Waals surface area contributed by atoms with Crippen molar-refractivity contribution < 1.29 is 23.7 Å². The molecule has 0 amide bonds. The number of nitrogens with one attached hydrogen (secondary N) is 1. The topological polar surface area (TPSA) is 110 Å². The summed E-state index contributed by atoms with van der Waals surface area (Å²) in [6, 6.07) is 3.29. The second kappa shape index (κ2) is 9.05. The molecule has 2 aromatic rings. The summed E-state index contributed by atoms with van der Waals surface area (Å²) in [6.07, 6.45) is -0.380. The minimum absolute atomic E-state index is 0.214. The Balaban J connectivity index is 2.46. The normalized spacial score (nSPS) is 15.1. The van der Waals surface area contributed by atoms with Crippen molar-refractivity contribution in [2.75, 3.05) is 26.6 Å². The Bertz CT molecular complexity index is 1250.